The molecule has 0 aromatic rings. The normalized spacial score (nSPS) is 25.8. The third-order valence-electron chi connectivity index (χ3n) is 2.92. The van der Waals surface area contributed by atoms with Crippen LogP contribution in [-0.4, -0.2) is 49.3 Å². The zero-order chi connectivity index (χ0) is 11.5. The van der Waals surface area contributed by atoms with Crippen LogP contribution in [0, 0.1) is 5.92 Å². The molecule has 0 aromatic carbocycles. The third kappa shape index (κ3) is 2.95. The standard InChI is InChI=1S/C12H21NO3/c1-9(2)7-13(10-3-4-10)12(14)11-8-15-5-6-16-11/h9-11H,3-8H2,1-2H3. The van der Waals surface area contributed by atoms with Crippen LogP contribution in [-0.2, 0) is 14.3 Å². The molecule has 2 rings (SSSR count). The molecule has 0 radical (unpaired) electrons. The van der Waals surface area contributed by atoms with Crippen LogP contribution in [0.5, 0.6) is 0 Å². The lowest BCUT2D eigenvalue weighted by molar-refractivity contribution is -0.159. The lowest BCUT2D eigenvalue weighted by Crippen LogP contribution is -2.47. The molecular formula is C12H21NO3. The monoisotopic (exact) mass is 227 g/mol. The molecule has 1 aliphatic carbocycles. The molecule has 0 aromatic heterocycles. The number of nitrogens with zero attached hydrogens (tertiary/aromatic N) is 1. The van der Waals surface area contributed by atoms with Gasteiger partial charge in [-0.05, 0) is 18.8 Å². The first-order valence-electron chi connectivity index (χ1n) is 6.18. The number of rotatable bonds is 4. The summed E-state index contributed by atoms with van der Waals surface area (Å²) >= 11 is 0. The van der Waals surface area contributed by atoms with Gasteiger partial charge in [-0.25, -0.2) is 0 Å². The lowest BCUT2D eigenvalue weighted by Gasteiger charge is -2.30. The average molecular weight is 227 g/mol. The molecule has 16 heavy (non-hydrogen) atoms. The van der Waals surface area contributed by atoms with Gasteiger partial charge in [-0.3, -0.25) is 4.79 Å². The van der Waals surface area contributed by atoms with Crippen LogP contribution >= 0.6 is 0 Å². The van der Waals surface area contributed by atoms with E-state index in [9.17, 15) is 4.79 Å². The van der Waals surface area contributed by atoms with Crippen LogP contribution in [0.25, 0.3) is 0 Å². The zero-order valence-corrected chi connectivity index (χ0v) is 10.1. The van der Waals surface area contributed by atoms with Crippen LogP contribution in [0.3, 0.4) is 0 Å². The van der Waals surface area contributed by atoms with Crippen LogP contribution < -0.4 is 0 Å². The third-order valence-corrected chi connectivity index (χ3v) is 2.92. The molecule has 2 aliphatic rings. The maximum atomic E-state index is 12.2. The van der Waals surface area contributed by atoms with Crippen molar-refractivity contribution < 1.29 is 14.3 Å². The second kappa shape index (κ2) is 5.15. The van der Waals surface area contributed by atoms with Crippen molar-refractivity contribution in [1.29, 1.82) is 0 Å². The number of hydrogen-bond donors (Lipinski definition) is 0. The fourth-order valence-electron chi connectivity index (χ4n) is 2.01. The van der Waals surface area contributed by atoms with Crippen molar-refractivity contribution in [2.75, 3.05) is 26.4 Å². The maximum Gasteiger partial charge on any atom is 0.254 e. The van der Waals surface area contributed by atoms with E-state index < -0.39 is 0 Å². The average Bonchev–Trinajstić information content (AvgIpc) is 3.10. The van der Waals surface area contributed by atoms with Crippen LogP contribution in [0.2, 0.25) is 0 Å². The Bertz CT molecular complexity index is 245. The predicted molar refractivity (Wildman–Crippen MR) is 60.1 cm³/mol. The molecule has 1 heterocycles. The molecule has 4 heteroatoms. The molecule has 0 spiro atoms. The molecule has 2 fully saturated rings. The van der Waals surface area contributed by atoms with Gasteiger partial charge < -0.3 is 14.4 Å². The van der Waals surface area contributed by atoms with Gasteiger partial charge in [0.25, 0.3) is 5.91 Å². The van der Waals surface area contributed by atoms with Crippen molar-refractivity contribution in [2.45, 2.75) is 38.8 Å². The van der Waals surface area contributed by atoms with Crippen molar-refractivity contribution in [3.8, 4) is 0 Å². The molecule has 1 aliphatic heterocycles. The van der Waals surface area contributed by atoms with Gasteiger partial charge >= 0.3 is 0 Å². The molecule has 1 atom stereocenters. The first kappa shape index (κ1) is 11.9. The van der Waals surface area contributed by atoms with Gasteiger partial charge in [0.1, 0.15) is 0 Å². The van der Waals surface area contributed by atoms with Gasteiger partial charge in [0, 0.05) is 12.6 Å². The molecule has 1 amide bonds. The fraction of sp³-hybridized carbons (Fsp3) is 0.917. The van der Waals surface area contributed by atoms with E-state index in [1.54, 1.807) is 0 Å². The second-order valence-corrected chi connectivity index (χ2v) is 5.05. The summed E-state index contributed by atoms with van der Waals surface area (Å²) in [6, 6.07) is 0.459. The first-order valence-corrected chi connectivity index (χ1v) is 6.18. The summed E-state index contributed by atoms with van der Waals surface area (Å²) in [7, 11) is 0. The van der Waals surface area contributed by atoms with E-state index >= 15 is 0 Å². The highest BCUT2D eigenvalue weighted by Gasteiger charge is 2.37. The largest absolute Gasteiger partial charge is 0.376 e. The number of ether oxygens (including phenoxy) is 2. The van der Waals surface area contributed by atoms with E-state index in [0.717, 1.165) is 19.4 Å². The van der Waals surface area contributed by atoms with Gasteiger partial charge in [-0.1, -0.05) is 13.8 Å². The number of hydrogen-bond acceptors (Lipinski definition) is 3. The van der Waals surface area contributed by atoms with Crippen molar-refractivity contribution in [2.24, 2.45) is 5.92 Å². The Balaban J connectivity index is 1.92. The Hall–Kier alpha value is -0.610. The SMILES string of the molecule is CC(C)CN(C(=O)C1COCCO1)C1CC1. The van der Waals surface area contributed by atoms with Crippen molar-refractivity contribution in [3.63, 3.8) is 0 Å². The molecule has 0 N–H and O–H groups in total. The molecule has 1 saturated carbocycles. The Morgan fingerprint density at radius 2 is 2.12 bits per heavy atom. The van der Waals surface area contributed by atoms with Crippen molar-refractivity contribution in [1.82, 2.24) is 4.90 Å². The minimum atomic E-state index is -0.368. The summed E-state index contributed by atoms with van der Waals surface area (Å²) in [4.78, 5) is 14.2. The highest BCUT2D eigenvalue weighted by molar-refractivity contribution is 5.81. The van der Waals surface area contributed by atoms with Crippen molar-refractivity contribution in [3.05, 3.63) is 0 Å². The number of amides is 1. The van der Waals surface area contributed by atoms with Gasteiger partial charge in [0.15, 0.2) is 6.10 Å². The summed E-state index contributed by atoms with van der Waals surface area (Å²) in [6.45, 7) is 6.68. The van der Waals surface area contributed by atoms with Crippen LogP contribution in [0.1, 0.15) is 26.7 Å². The Labute approximate surface area is 96.9 Å². The highest BCUT2D eigenvalue weighted by Crippen LogP contribution is 2.28. The van der Waals surface area contributed by atoms with Crippen LogP contribution in [0.4, 0.5) is 0 Å². The van der Waals surface area contributed by atoms with Gasteiger partial charge in [-0.2, -0.15) is 0 Å². The van der Waals surface area contributed by atoms with E-state index in [4.69, 9.17) is 9.47 Å². The molecule has 1 saturated heterocycles. The molecule has 4 nitrogen and oxygen atoms in total. The smallest absolute Gasteiger partial charge is 0.254 e. The van der Waals surface area contributed by atoms with Crippen LogP contribution in [0.15, 0.2) is 0 Å². The second-order valence-electron chi connectivity index (χ2n) is 5.05. The summed E-state index contributed by atoms with van der Waals surface area (Å²) in [5, 5.41) is 0. The molecule has 1 unspecified atom stereocenters. The van der Waals surface area contributed by atoms with Gasteiger partial charge in [0.05, 0.1) is 19.8 Å². The molecule has 92 valence electrons. The topological polar surface area (TPSA) is 38.8 Å². The fourth-order valence-corrected chi connectivity index (χ4v) is 2.01. The number of carbonyl (C=O) groups is 1. The predicted octanol–water partition coefficient (Wildman–Crippen LogP) is 1.05. The number of carbonyl (C=O) groups excluding carboxylic acids is 1. The Kier molecular flexibility index (Phi) is 3.82. The Morgan fingerprint density at radius 1 is 1.38 bits per heavy atom. The minimum Gasteiger partial charge on any atom is -0.376 e. The minimum absolute atomic E-state index is 0.121. The molecule has 0 bridgehead atoms. The maximum absolute atomic E-state index is 12.2. The van der Waals surface area contributed by atoms with E-state index in [-0.39, 0.29) is 12.0 Å². The first-order chi connectivity index (χ1) is 7.68. The van der Waals surface area contributed by atoms with E-state index in [0.29, 0.717) is 31.8 Å². The summed E-state index contributed by atoms with van der Waals surface area (Å²) in [5.74, 6) is 0.630. The zero-order valence-electron chi connectivity index (χ0n) is 10.1. The quantitative estimate of drug-likeness (QED) is 0.720. The van der Waals surface area contributed by atoms with Gasteiger partial charge in [-0.15, -0.1) is 0 Å². The summed E-state index contributed by atoms with van der Waals surface area (Å²) in [6.07, 6.45) is 1.92. The lowest BCUT2D eigenvalue weighted by atomic mass is 10.2. The highest BCUT2D eigenvalue weighted by atomic mass is 16.6. The summed E-state index contributed by atoms with van der Waals surface area (Å²) in [5.41, 5.74) is 0. The molecular weight excluding hydrogens is 206 g/mol. The van der Waals surface area contributed by atoms with Crippen molar-refractivity contribution >= 4 is 5.91 Å². The van der Waals surface area contributed by atoms with E-state index in [2.05, 4.69) is 13.8 Å². The van der Waals surface area contributed by atoms with E-state index in [1.807, 2.05) is 4.90 Å². The van der Waals surface area contributed by atoms with Gasteiger partial charge in [0.2, 0.25) is 0 Å². The summed E-state index contributed by atoms with van der Waals surface area (Å²) < 4.78 is 10.8. The Morgan fingerprint density at radius 3 is 2.62 bits per heavy atom. The van der Waals surface area contributed by atoms with E-state index in [1.165, 1.54) is 0 Å².